The number of nitrogens with one attached hydrogen (secondary N) is 1. The molecule has 2 amide bonds. The van der Waals surface area contributed by atoms with Crippen molar-refractivity contribution in [1.82, 2.24) is 15.1 Å². The first-order chi connectivity index (χ1) is 18.0. The molecule has 0 bridgehead atoms. The molecule has 1 N–H and O–H groups in total. The Bertz CT molecular complexity index is 971. The Morgan fingerprint density at radius 3 is 2.43 bits per heavy atom. The summed E-state index contributed by atoms with van der Waals surface area (Å²) in [5.41, 5.74) is 1.65. The second-order valence-electron chi connectivity index (χ2n) is 10.8. The average molecular weight is 513 g/mol. The SMILES string of the molecule is CCN1CCN(c2ccc(C(=O)N[C@H](C(=O)N3C[C@@H](OC)[C@H]4OCC(=O)[C@H]43)C3CCCCC3)cc2)CC1. The number of anilines is 1. The fraction of sp³-hybridized carbons (Fsp3) is 0.679. The Balaban J connectivity index is 1.30. The van der Waals surface area contributed by atoms with E-state index in [-0.39, 0.29) is 36.2 Å². The van der Waals surface area contributed by atoms with E-state index in [9.17, 15) is 14.4 Å². The van der Waals surface area contributed by atoms with Crippen LogP contribution in [0, 0.1) is 5.92 Å². The molecule has 4 fully saturated rings. The molecule has 202 valence electrons. The molecule has 9 nitrogen and oxygen atoms in total. The van der Waals surface area contributed by atoms with Crippen LogP contribution in [0.3, 0.4) is 0 Å². The molecule has 0 radical (unpaired) electrons. The van der Waals surface area contributed by atoms with E-state index in [0.717, 1.165) is 70.5 Å². The van der Waals surface area contributed by atoms with E-state index in [1.807, 2.05) is 24.3 Å². The number of hydrogen-bond donors (Lipinski definition) is 1. The van der Waals surface area contributed by atoms with E-state index in [2.05, 4.69) is 22.0 Å². The van der Waals surface area contributed by atoms with Gasteiger partial charge < -0.3 is 29.5 Å². The molecular formula is C28H40N4O5. The van der Waals surface area contributed by atoms with E-state index in [1.54, 1.807) is 12.0 Å². The number of fused-ring (bicyclic) bond motifs is 1. The minimum absolute atomic E-state index is 0.000724. The number of Topliss-reactive ketones (excluding diaryl/α,β-unsaturated/α-hetero) is 1. The Hall–Kier alpha value is -2.49. The monoisotopic (exact) mass is 512 g/mol. The summed E-state index contributed by atoms with van der Waals surface area (Å²) >= 11 is 0. The number of piperazine rings is 1. The third-order valence-corrected chi connectivity index (χ3v) is 8.71. The number of benzene rings is 1. The van der Waals surface area contributed by atoms with E-state index in [4.69, 9.17) is 9.47 Å². The van der Waals surface area contributed by atoms with Crippen molar-refractivity contribution in [2.75, 3.05) is 57.9 Å². The number of nitrogens with zero attached hydrogens (tertiary/aromatic N) is 3. The van der Waals surface area contributed by atoms with Crippen molar-refractivity contribution in [1.29, 1.82) is 0 Å². The molecule has 1 aliphatic carbocycles. The Kier molecular flexibility index (Phi) is 8.12. The molecule has 1 aromatic rings. The van der Waals surface area contributed by atoms with Crippen LogP contribution >= 0.6 is 0 Å². The minimum atomic E-state index is -0.667. The Morgan fingerprint density at radius 2 is 1.78 bits per heavy atom. The van der Waals surface area contributed by atoms with Gasteiger partial charge in [0.05, 0.1) is 6.54 Å². The van der Waals surface area contributed by atoms with E-state index in [1.165, 1.54) is 0 Å². The highest BCUT2D eigenvalue weighted by Crippen LogP contribution is 2.33. The molecular weight excluding hydrogens is 472 g/mol. The van der Waals surface area contributed by atoms with Gasteiger partial charge in [-0.25, -0.2) is 0 Å². The van der Waals surface area contributed by atoms with Gasteiger partial charge in [0, 0.05) is 44.5 Å². The van der Waals surface area contributed by atoms with E-state index >= 15 is 0 Å². The Labute approximate surface area is 219 Å². The van der Waals surface area contributed by atoms with Crippen LogP contribution in [0.2, 0.25) is 0 Å². The molecule has 0 aromatic heterocycles. The molecule has 1 aromatic carbocycles. The number of likely N-dealkylation sites (tertiary alicyclic amines) is 1. The first-order valence-corrected chi connectivity index (χ1v) is 13.9. The number of carbonyl (C=O) groups is 3. The molecule has 37 heavy (non-hydrogen) atoms. The number of rotatable bonds is 7. The van der Waals surface area contributed by atoms with Crippen molar-refractivity contribution in [2.45, 2.75) is 63.3 Å². The third kappa shape index (κ3) is 5.40. The predicted molar refractivity (Wildman–Crippen MR) is 140 cm³/mol. The standard InChI is InChI=1S/C28H40N4O5/c1-3-30-13-15-31(16-14-30)21-11-9-20(10-12-21)27(34)29-24(19-7-5-4-6-8-19)28(35)32-17-23(36-2)26-25(32)22(33)18-37-26/h9-12,19,23-26H,3-8,13-18H2,1-2H3,(H,29,34)/t23-,24+,25-,26-/m1/s1. The normalized spacial score (nSPS) is 27.8. The molecule has 3 aliphatic heterocycles. The Morgan fingerprint density at radius 1 is 1.08 bits per heavy atom. The maximum Gasteiger partial charge on any atom is 0.251 e. The molecule has 4 atom stereocenters. The smallest absolute Gasteiger partial charge is 0.251 e. The van der Waals surface area contributed by atoms with Gasteiger partial charge in [0.25, 0.3) is 5.91 Å². The highest BCUT2D eigenvalue weighted by Gasteiger charge is 2.54. The predicted octanol–water partition coefficient (Wildman–Crippen LogP) is 1.70. The quantitative estimate of drug-likeness (QED) is 0.595. The summed E-state index contributed by atoms with van der Waals surface area (Å²) in [6, 6.07) is 6.39. The number of methoxy groups -OCH3 is 1. The summed E-state index contributed by atoms with van der Waals surface area (Å²) in [7, 11) is 1.58. The van der Waals surface area contributed by atoms with Gasteiger partial charge in [-0.3, -0.25) is 14.4 Å². The van der Waals surface area contributed by atoms with Gasteiger partial charge in [-0.1, -0.05) is 26.2 Å². The molecule has 4 aliphatic rings. The van der Waals surface area contributed by atoms with Crippen molar-refractivity contribution in [2.24, 2.45) is 5.92 Å². The highest BCUT2D eigenvalue weighted by atomic mass is 16.5. The average Bonchev–Trinajstić information content (AvgIpc) is 3.52. The molecule has 0 spiro atoms. The second kappa shape index (κ2) is 11.5. The van der Waals surface area contributed by atoms with Gasteiger partial charge in [0.1, 0.15) is 30.9 Å². The van der Waals surface area contributed by atoms with Crippen LogP contribution < -0.4 is 10.2 Å². The second-order valence-corrected chi connectivity index (χ2v) is 10.8. The molecule has 3 heterocycles. The largest absolute Gasteiger partial charge is 0.377 e. The van der Waals surface area contributed by atoms with Crippen LogP contribution in [0.15, 0.2) is 24.3 Å². The van der Waals surface area contributed by atoms with Gasteiger partial charge in [0.2, 0.25) is 5.91 Å². The number of likely N-dealkylation sites (N-methyl/N-ethyl adjacent to an activating group) is 1. The fourth-order valence-electron chi connectivity index (χ4n) is 6.44. The van der Waals surface area contributed by atoms with Crippen molar-refractivity contribution >= 4 is 23.3 Å². The maximum absolute atomic E-state index is 13.9. The first kappa shape index (κ1) is 26.1. The zero-order valence-electron chi connectivity index (χ0n) is 22.1. The molecule has 9 heteroatoms. The number of carbonyl (C=O) groups excluding carboxylic acids is 3. The lowest BCUT2D eigenvalue weighted by Gasteiger charge is -2.35. The summed E-state index contributed by atoms with van der Waals surface area (Å²) in [5.74, 6) is -0.489. The van der Waals surface area contributed by atoms with Gasteiger partial charge in [-0.2, -0.15) is 0 Å². The van der Waals surface area contributed by atoms with Crippen molar-refractivity contribution < 1.29 is 23.9 Å². The van der Waals surface area contributed by atoms with E-state index < -0.39 is 18.2 Å². The topological polar surface area (TPSA) is 91.4 Å². The van der Waals surface area contributed by atoms with Crippen LogP contribution in [-0.2, 0) is 19.1 Å². The fourth-order valence-corrected chi connectivity index (χ4v) is 6.44. The summed E-state index contributed by atoms with van der Waals surface area (Å²) in [6.45, 7) is 7.58. The molecule has 3 saturated heterocycles. The zero-order chi connectivity index (χ0) is 25.9. The van der Waals surface area contributed by atoms with Crippen LogP contribution in [0.4, 0.5) is 5.69 Å². The van der Waals surface area contributed by atoms with Crippen molar-refractivity contribution in [3.05, 3.63) is 29.8 Å². The lowest BCUT2D eigenvalue weighted by Crippen LogP contribution is -2.55. The summed E-state index contributed by atoms with van der Waals surface area (Å²) in [5, 5.41) is 3.08. The summed E-state index contributed by atoms with van der Waals surface area (Å²) < 4.78 is 11.2. The lowest BCUT2D eigenvalue weighted by atomic mass is 9.83. The van der Waals surface area contributed by atoms with Crippen LogP contribution in [0.1, 0.15) is 49.4 Å². The number of ether oxygens (including phenoxy) is 2. The van der Waals surface area contributed by atoms with Crippen LogP contribution in [0.5, 0.6) is 0 Å². The molecule has 0 unspecified atom stereocenters. The molecule has 5 rings (SSSR count). The summed E-state index contributed by atoms with van der Waals surface area (Å²) in [6.07, 6.45) is 4.23. The number of hydrogen-bond acceptors (Lipinski definition) is 7. The minimum Gasteiger partial charge on any atom is -0.377 e. The van der Waals surface area contributed by atoms with Gasteiger partial charge in [-0.15, -0.1) is 0 Å². The maximum atomic E-state index is 13.9. The van der Waals surface area contributed by atoms with E-state index in [0.29, 0.717) is 12.1 Å². The van der Waals surface area contributed by atoms with Gasteiger partial charge in [0.15, 0.2) is 5.78 Å². The van der Waals surface area contributed by atoms with Crippen LogP contribution in [0.25, 0.3) is 0 Å². The van der Waals surface area contributed by atoms with Crippen molar-refractivity contribution in [3.63, 3.8) is 0 Å². The zero-order valence-corrected chi connectivity index (χ0v) is 22.1. The highest BCUT2D eigenvalue weighted by molar-refractivity contribution is 5.99. The number of amides is 2. The molecule has 1 saturated carbocycles. The van der Waals surface area contributed by atoms with Gasteiger partial charge in [-0.05, 0) is 49.6 Å². The lowest BCUT2D eigenvalue weighted by molar-refractivity contribution is -0.139. The first-order valence-electron chi connectivity index (χ1n) is 13.9. The van der Waals surface area contributed by atoms with Crippen molar-refractivity contribution in [3.8, 4) is 0 Å². The third-order valence-electron chi connectivity index (χ3n) is 8.71. The van der Waals surface area contributed by atoms with Crippen LogP contribution in [-0.4, -0.2) is 105 Å². The number of ketones is 1. The van der Waals surface area contributed by atoms with Gasteiger partial charge >= 0.3 is 0 Å². The summed E-state index contributed by atoms with van der Waals surface area (Å²) in [4.78, 5) is 46.3.